The van der Waals surface area contributed by atoms with Crippen LogP contribution < -0.4 is 5.32 Å². The molecule has 1 aromatic heterocycles. The van der Waals surface area contributed by atoms with Crippen LogP contribution >= 0.6 is 0 Å². The van der Waals surface area contributed by atoms with Crippen molar-refractivity contribution in [3.05, 3.63) is 36.0 Å². The second kappa shape index (κ2) is 7.14. The zero-order valence-corrected chi connectivity index (χ0v) is 17.5. The first-order valence-electron chi connectivity index (χ1n) is 11.8. The number of rotatable bonds is 3. The van der Waals surface area contributed by atoms with Crippen molar-refractivity contribution in [1.82, 2.24) is 15.2 Å². The zero-order valence-electron chi connectivity index (χ0n) is 17.5. The summed E-state index contributed by atoms with van der Waals surface area (Å²) in [6, 6.07) is 8.28. The fourth-order valence-electron chi connectivity index (χ4n) is 7.33. The largest absolute Gasteiger partial charge is 0.360 e. The van der Waals surface area contributed by atoms with Crippen molar-refractivity contribution < 1.29 is 9.59 Å². The number of hydrogen-bond donors (Lipinski definition) is 2. The lowest BCUT2D eigenvalue weighted by Crippen LogP contribution is -2.49. The second-order valence-electron chi connectivity index (χ2n) is 10.1. The van der Waals surface area contributed by atoms with E-state index in [0.29, 0.717) is 24.1 Å². The third-order valence-electron chi connectivity index (χ3n) is 8.66. The zero-order chi connectivity index (χ0) is 20.2. The van der Waals surface area contributed by atoms with E-state index < -0.39 is 0 Å². The molecule has 2 amide bonds. The molecule has 4 aliphatic rings. The molecule has 0 radical (unpaired) electrons. The molecule has 5 heteroatoms. The molecule has 6 atom stereocenters. The maximum absolute atomic E-state index is 13.2. The third-order valence-corrected chi connectivity index (χ3v) is 8.66. The number of hydrogen-bond acceptors (Lipinski definition) is 2. The van der Waals surface area contributed by atoms with Crippen molar-refractivity contribution in [2.45, 2.75) is 51.0 Å². The van der Waals surface area contributed by atoms with Crippen LogP contribution in [0.4, 0.5) is 0 Å². The number of likely N-dealkylation sites (tertiary alicyclic amines) is 1. The van der Waals surface area contributed by atoms with E-state index in [2.05, 4.69) is 10.3 Å². The molecule has 6 rings (SSSR count). The molecule has 2 heterocycles. The minimum atomic E-state index is -0.0774. The van der Waals surface area contributed by atoms with E-state index in [1.807, 2.05) is 35.4 Å². The Kier molecular flexibility index (Phi) is 4.39. The van der Waals surface area contributed by atoms with Gasteiger partial charge in [-0.3, -0.25) is 9.59 Å². The minimum absolute atomic E-state index is 0.0404. The molecule has 4 fully saturated rings. The Morgan fingerprint density at radius 3 is 2.80 bits per heavy atom. The Bertz CT molecular complexity index is 982. The molecule has 30 heavy (non-hydrogen) atoms. The Balaban J connectivity index is 1.12. The van der Waals surface area contributed by atoms with Crippen LogP contribution in [0.3, 0.4) is 0 Å². The van der Waals surface area contributed by atoms with Crippen molar-refractivity contribution in [1.29, 1.82) is 0 Å². The summed E-state index contributed by atoms with van der Waals surface area (Å²) < 4.78 is 0. The first-order chi connectivity index (χ1) is 14.7. The highest BCUT2D eigenvalue weighted by Crippen LogP contribution is 2.58. The van der Waals surface area contributed by atoms with Crippen LogP contribution in [0.2, 0.25) is 0 Å². The van der Waals surface area contributed by atoms with E-state index in [0.717, 1.165) is 48.0 Å². The second-order valence-corrected chi connectivity index (χ2v) is 10.1. The highest BCUT2D eigenvalue weighted by atomic mass is 16.2. The predicted octanol–water partition coefficient (Wildman–Crippen LogP) is 3.96. The fraction of sp³-hybridized carbons (Fsp3) is 0.600. The Labute approximate surface area is 177 Å². The number of aromatic nitrogens is 1. The number of H-pyrrole nitrogens is 1. The molecular formula is C25H31N3O2. The van der Waals surface area contributed by atoms with Crippen LogP contribution in [0.15, 0.2) is 30.5 Å². The molecule has 2 aromatic rings. The Morgan fingerprint density at radius 1 is 1.00 bits per heavy atom. The molecule has 2 bridgehead atoms. The van der Waals surface area contributed by atoms with E-state index in [-0.39, 0.29) is 17.7 Å². The van der Waals surface area contributed by atoms with Gasteiger partial charge in [-0.15, -0.1) is 0 Å². The predicted molar refractivity (Wildman–Crippen MR) is 116 cm³/mol. The number of carbonyl (C=O) groups is 2. The third kappa shape index (κ3) is 2.89. The molecule has 0 spiro atoms. The number of benzene rings is 1. The fourth-order valence-corrected chi connectivity index (χ4v) is 7.33. The van der Waals surface area contributed by atoms with Crippen molar-refractivity contribution in [3.8, 4) is 0 Å². The number of amides is 2. The molecule has 3 aliphatic carbocycles. The van der Waals surface area contributed by atoms with Crippen LogP contribution in [0.25, 0.3) is 10.9 Å². The number of nitrogens with zero attached hydrogens (tertiary/aromatic N) is 1. The first-order valence-corrected chi connectivity index (χ1v) is 11.8. The molecule has 1 aliphatic heterocycles. The summed E-state index contributed by atoms with van der Waals surface area (Å²) in [6.45, 7) is 1.27. The maximum Gasteiger partial charge on any atom is 0.256 e. The lowest BCUT2D eigenvalue weighted by atomic mass is 9.79. The summed E-state index contributed by atoms with van der Waals surface area (Å²) in [6.07, 6.45) is 10.3. The van der Waals surface area contributed by atoms with Crippen molar-refractivity contribution in [3.63, 3.8) is 0 Å². The Hall–Kier alpha value is -2.30. The number of carbonyl (C=O) groups excluding carboxylic acids is 2. The number of piperidine rings is 1. The number of aromatic amines is 1. The lowest BCUT2D eigenvalue weighted by Gasteiger charge is -2.35. The number of para-hydroxylation sites is 1. The van der Waals surface area contributed by atoms with Crippen molar-refractivity contribution in [2.24, 2.45) is 29.6 Å². The molecule has 158 valence electrons. The summed E-state index contributed by atoms with van der Waals surface area (Å²) in [5, 5.41) is 4.39. The van der Waals surface area contributed by atoms with E-state index in [9.17, 15) is 9.59 Å². The standard InChI is InChI=1S/C25H31N3O2/c29-24(27-23-12-16-11-20(23)18-8-3-7-17(16)18)15-5-4-10-28(14-15)25(30)21-13-26-22-9-2-1-6-19(21)22/h1-2,6,9,13,15-18,20,23,26H,3-5,7-8,10-12,14H2,(H,27,29)/t15-,16-,17-,18-,20+,23-/m1/s1. The van der Waals surface area contributed by atoms with E-state index in [1.165, 1.54) is 32.1 Å². The average molecular weight is 406 g/mol. The quantitative estimate of drug-likeness (QED) is 0.812. The van der Waals surface area contributed by atoms with Gasteiger partial charge in [0.25, 0.3) is 5.91 Å². The average Bonchev–Trinajstić information content (AvgIpc) is 3.54. The topological polar surface area (TPSA) is 65.2 Å². The van der Waals surface area contributed by atoms with Gasteiger partial charge in [0, 0.05) is 36.2 Å². The van der Waals surface area contributed by atoms with Crippen LogP contribution in [-0.4, -0.2) is 40.8 Å². The first kappa shape index (κ1) is 18.5. The summed E-state index contributed by atoms with van der Waals surface area (Å²) in [4.78, 5) is 31.4. The Morgan fingerprint density at radius 2 is 1.87 bits per heavy atom. The summed E-state index contributed by atoms with van der Waals surface area (Å²) in [5.41, 5.74) is 1.70. The van der Waals surface area contributed by atoms with Crippen molar-refractivity contribution in [2.75, 3.05) is 13.1 Å². The van der Waals surface area contributed by atoms with Crippen LogP contribution in [0.1, 0.15) is 55.3 Å². The van der Waals surface area contributed by atoms with Gasteiger partial charge in [-0.1, -0.05) is 24.6 Å². The number of nitrogens with one attached hydrogen (secondary N) is 2. The number of fused-ring (bicyclic) bond motifs is 6. The van der Waals surface area contributed by atoms with Gasteiger partial charge in [-0.25, -0.2) is 0 Å². The van der Waals surface area contributed by atoms with Gasteiger partial charge in [0.15, 0.2) is 0 Å². The smallest absolute Gasteiger partial charge is 0.256 e. The normalized spacial score (nSPS) is 35.0. The molecule has 2 N–H and O–H groups in total. The highest BCUT2D eigenvalue weighted by molar-refractivity contribution is 6.06. The molecule has 1 aromatic carbocycles. The monoisotopic (exact) mass is 405 g/mol. The van der Waals surface area contributed by atoms with Gasteiger partial charge in [-0.05, 0) is 68.3 Å². The van der Waals surface area contributed by atoms with Crippen LogP contribution in [0.5, 0.6) is 0 Å². The van der Waals surface area contributed by atoms with Gasteiger partial charge in [0.1, 0.15) is 0 Å². The minimum Gasteiger partial charge on any atom is -0.360 e. The van der Waals surface area contributed by atoms with Gasteiger partial charge in [0.2, 0.25) is 5.91 Å². The van der Waals surface area contributed by atoms with Gasteiger partial charge in [-0.2, -0.15) is 0 Å². The SMILES string of the molecule is O=C(N[C@@H]1C[C@H]2C[C@H]1[C@@H]1CCC[C@H]21)[C@@H]1CCCN(C(=O)c2c[nH]c3ccccc23)C1. The van der Waals surface area contributed by atoms with E-state index in [1.54, 1.807) is 0 Å². The summed E-state index contributed by atoms with van der Waals surface area (Å²) in [7, 11) is 0. The van der Waals surface area contributed by atoms with E-state index >= 15 is 0 Å². The van der Waals surface area contributed by atoms with Crippen molar-refractivity contribution >= 4 is 22.7 Å². The van der Waals surface area contributed by atoms with Gasteiger partial charge >= 0.3 is 0 Å². The van der Waals surface area contributed by atoms with Gasteiger partial charge in [0.05, 0.1) is 11.5 Å². The maximum atomic E-state index is 13.2. The molecule has 1 saturated heterocycles. The van der Waals surface area contributed by atoms with E-state index in [4.69, 9.17) is 0 Å². The van der Waals surface area contributed by atoms with Crippen LogP contribution in [0, 0.1) is 29.6 Å². The molecular weight excluding hydrogens is 374 g/mol. The molecule has 0 unspecified atom stereocenters. The lowest BCUT2D eigenvalue weighted by molar-refractivity contribution is -0.127. The summed E-state index contributed by atoms with van der Waals surface area (Å²) >= 11 is 0. The molecule has 3 saturated carbocycles. The van der Waals surface area contributed by atoms with Crippen LogP contribution in [-0.2, 0) is 4.79 Å². The highest BCUT2D eigenvalue weighted by Gasteiger charge is 2.54. The van der Waals surface area contributed by atoms with Gasteiger partial charge < -0.3 is 15.2 Å². The summed E-state index contributed by atoms with van der Waals surface area (Å²) in [5.74, 6) is 3.50. The molecule has 5 nitrogen and oxygen atoms in total.